The largest absolute Gasteiger partial charge is 0.493 e. The normalized spacial score (nSPS) is 10.7. The second kappa shape index (κ2) is 7.11. The Morgan fingerprint density at radius 3 is 2.56 bits per heavy atom. The van der Waals surface area contributed by atoms with Gasteiger partial charge in [-0.3, -0.25) is 0 Å². The monoisotopic (exact) mass is 252 g/mol. The van der Waals surface area contributed by atoms with Crippen LogP contribution in [-0.2, 0) is 6.42 Å². The summed E-state index contributed by atoms with van der Waals surface area (Å²) in [6.45, 7) is 3.64. The SMILES string of the molecule is CCOc1c(CCCN(C)C)cc(N)cc1OC. The first kappa shape index (κ1) is 14.6. The lowest BCUT2D eigenvalue weighted by molar-refractivity contribution is 0.306. The number of aryl methyl sites for hydroxylation is 1. The molecule has 0 atom stereocenters. The van der Waals surface area contributed by atoms with Crippen LogP contribution in [0.25, 0.3) is 0 Å². The minimum absolute atomic E-state index is 0.626. The molecule has 4 nitrogen and oxygen atoms in total. The highest BCUT2D eigenvalue weighted by Crippen LogP contribution is 2.34. The third-order valence-corrected chi connectivity index (χ3v) is 2.71. The molecule has 0 heterocycles. The summed E-state index contributed by atoms with van der Waals surface area (Å²) in [6, 6.07) is 3.78. The van der Waals surface area contributed by atoms with Crippen molar-refractivity contribution in [2.24, 2.45) is 0 Å². The fraction of sp³-hybridized carbons (Fsp3) is 0.571. The fourth-order valence-electron chi connectivity index (χ4n) is 1.91. The summed E-state index contributed by atoms with van der Waals surface area (Å²) in [5.41, 5.74) is 7.72. The van der Waals surface area contributed by atoms with Crippen LogP contribution in [0.3, 0.4) is 0 Å². The number of hydrogen-bond donors (Lipinski definition) is 1. The fourth-order valence-corrected chi connectivity index (χ4v) is 1.91. The maximum absolute atomic E-state index is 5.89. The van der Waals surface area contributed by atoms with Crippen LogP contribution >= 0.6 is 0 Å². The Hall–Kier alpha value is -1.42. The van der Waals surface area contributed by atoms with Gasteiger partial charge >= 0.3 is 0 Å². The second-order valence-electron chi connectivity index (χ2n) is 4.55. The van der Waals surface area contributed by atoms with Gasteiger partial charge in [0.15, 0.2) is 11.5 Å². The molecule has 0 aromatic heterocycles. The van der Waals surface area contributed by atoms with E-state index in [1.165, 1.54) is 0 Å². The quantitative estimate of drug-likeness (QED) is 0.756. The van der Waals surface area contributed by atoms with E-state index in [9.17, 15) is 0 Å². The molecule has 0 unspecified atom stereocenters. The first-order valence-electron chi connectivity index (χ1n) is 6.32. The van der Waals surface area contributed by atoms with Gasteiger partial charge in [0, 0.05) is 17.3 Å². The topological polar surface area (TPSA) is 47.7 Å². The highest BCUT2D eigenvalue weighted by atomic mass is 16.5. The van der Waals surface area contributed by atoms with Gasteiger partial charge in [0.1, 0.15) is 0 Å². The zero-order chi connectivity index (χ0) is 13.5. The average Bonchev–Trinajstić information content (AvgIpc) is 2.31. The van der Waals surface area contributed by atoms with Crippen LogP contribution in [0.15, 0.2) is 12.1 Å². The molecular weight excluding hydrogens is 228 g/mol. The van der Waals surface area contributed by atoms with E-state index in [-0.39, 0.29) is 0 Å². The number of hydrogen-bond acceptors (Lipinski definition) is 4. The number of nitrogens with zero attached hydrogens (tertiary/aromatic N) is 1. The highest BCUT2D eigenvalue weighted by molar-refractivity contribution is 5.57. The highest BCUT2D eigenvalue weighted by Gasteiger charge is 2.12. The van der Waals surface area contributed by atoms with Crippen molar-refractivity contribution in [3.63, 3.8) is 0 Å². The Morgan fingerprint density at radius 1 is 1.28 bits per heavy atom. The number of ether oxygens (including phenoxy) is 2. The summed E-state index contributed by atoms with van der Waals surface area (Å²) in [6.07, 6.45) is 2.01. The standard InChI is InChI=1S/C14H24N2O2/c1-5-18-14-11(7-6-8-16(2)3)9-12(15)10-13(14)17-4/h9-10H,5-8,15H2,1-4H3. The molecule has 1 aromatic carbocycles. The van der Waals surface area contributed by atoms with Gasteiger partial charge in [-0.25, -0.2) is 0 Å². The predicted molar refractivity (Wildman–Crippen MR) is 75.5 cm³/mol. The number of anilines is 1. The van der Waals surface area contributed by atoms with Gasteiger partial charge in [0.05, 0.1) is 13.7 Å². The van der Waals surface area contributed by atoms with Gasteiger partial charge in [-0.1, -0.05) is 0 Å². The Morgan fingerprint density at radius 2 is 2.00 bits per heavy atom. The minimum atomic E-state index is 0.626. The molecule has 18 heavy (non-hydrogen) atoms. The van der Waals surface area contributed by atoms with Crippen molar-refractivity contribution in [1.82, 2.24) is 4.90 Å². The Labute approximate surface area is 110 Å². The van der Waals surface area contributed by atoms with Crippen LogP contribution in [0.5, 0.6) is 11.5 Å². The maximum Gasteiger partial charge on any atom is 0.164 e. The van der Waals surface area contributed by atoms with Gasteiger partial charge < -0.3 is 20.1 Å². The molecule has 1 rings (SSSR count). The third kappa shape index (κ3) is 4.11. The van der Waals surface area contributed by atoms with E-state index in [1.807, 2.05) is 13.0 Å². The zero-order valence-corrected chi connectivity index (χ0v) is 11.8. The summed E-state index contributed by atoms with van der Waals surface area (Å²) in [4.78, 5) is 2.17. The Balaban J connectivity index is 2.88. The second-order valence-corrected chi connectivity index (χ2v) is 4.55. The number of nitrogen functional groups attached to an aromatic ring is 1. The summed E-state index contributed by atoms with van der Waals surface area (Å²) < 4.78 is 11.0. The van der Waals surface area contributed by atoms with E-state index in [0.717, 1.165) is 42.1 Å². The van der Waals surface area contributed by atoms with Gasteiger partial charge in [-0.05, 0) is 46.5 Å². The molecule has 0 saturated carbocycles. The molecule has 0 radical (unpaired) electrons. The molecule has 0 fully saturated rings. The number of benzene rings is 1. The lowest BCUT2D eigenvalue weighted by Crippen LogP contribution is -2.13. The minimum Gasteiger partial charge on any atom is -0.493 e. The Bertz CT molecular complexity index is 378. The van der Waals surface area contributed by atoms with Crippen molar-refractivity contribution < 1.29 is 9.47 Å². The molecule has 102 valence electrons. The van der Waals surface area contributed by atoms with Gasteiger partial charge in [-0.15, -0.1) is 0 Å². The molecule has 0 saturated heterocycles. The molecule has 0 aliphatic rings. The van der Waals surface area contributed by atoms with Gasteiger partial charge in [-0.2, -0.15) is 0 Å². The molecule has 0 spiro atoms. The van der Waals surface area contributed by atoms with Crippen molar-refractivity contribution in [2.45, 2.75) is 19.8 Å². The van der Waals surface area contributed by atoms with Crippen LogP contribution in [0.2, 0.25) is 0 Å². The molecule has 2 N–H and O–H groups in total. The maximum atomic E-state index is 5.89. The number of nitrogens with two attached hydrogens (primary N) is 1. The van der Waals surface area contributed by atoms with Gasteiger partial charge in [0.2, 0.25) is 0 Å². The van der Waals surface area contributed by atoms with E-state index in [2.05, 4.69) is 19.0 Å². The average molecular weight is 252 g/mol. The summed E-state index contributed by atoms with van der Waals surface area (Å²) in [5.74, 6) is 1.55. The van der Waals surface area contributed by atoms with Crippen molar-refractivity contribution in [3.05, 3.63) is 17.7 Å². The molecule has 0 aliphatic carbocycles. The number of methoxy groups -OCH3 is 1. The smallest absolute Gasteiger partial charge is 0.164 e. The van der Waals surface area contributed by atoms with Crippen LogP contribution in [-0.4, -0.2) is 39.3 Å². The first-order valence-corrected chi connectivity index (χ1v) is 6.32. The van der Waals surface area contributed by atoms with Crippen LogP contribution in [0, 0.1) is 0 Å². The molecule has 1 aromatic rings. The third-order valence-electron chi connectivity index (χ3n) is 2.71. The van der Waals surface area contributed by atoms with Crippen LogP contribution in [0.4, 0.5) is 5.69 Å². The van der Waals surface area contributed by atoms with Crippen molar-refractivity contribution >= 4 is 5.69 Å². The van der Waals surface area contributed by atoms with Gasteiger partial charge in [0.25, 0.3) is 0 Å². The van der Waals surface area contributed by atoms with E-state index in [1.54, 1.807) is 13.2 Å². The molecule has 4 heteroatoms. The lowest BCUT2D eigenvalue weighted by Gasteiger charge is -2.16. The zero-order valence-electron chi connectivity index (χ0n) is 11.8. The van der Waals surface area contributed by atoms with E-state index in [0.29, 0.717) is 6.61 Å². The van der Waals surface area contributed by atoms with E-state index in [4.69, 9.17) is 15.2 Å². The Kier molecular flexibility index (Phi) is 5.78. The molecular formula is C14H24N2O2. The summed E-state index contributed by atoms with van der Waals surface area (Å²) in [7, 11) is 5.79. The van der Waals surface area contributed by atoms with Crippen LogP contribution < -0.4 is 15.2 Å². The first-order chi connectivity index (χ1) is 8.58. The van der Waals surface area contributed by atoms with Crippen LogP contribution in [0.1, 0.15) is 18.9 Å². The molecule has 0 amide bonds. The van der Waals surface area contributed by atoms with Crippen molar-refractivity contribution in [3.8, 4) is 11.5 Å². The summed E-state index contributed by atoms with van der Waals surface area (Å²) >= 11 is 0. The van der Waals surface area contributed by atoms with Crippen molar-refractivity contribution in [2.75, 3.05) is 40.1 Å². The molecule has 0 aliphatic heterocycles. The molecule has 0 bridgehead atoms. The van der Waals surface area contributed by atoms with Crippen molar-refractivity contribution in [1.29, 1.82) is 0 Å². The summed E-state index contributed by atoms with van der Waals surface area (Å²) in [5, 5.41) is 0. The van der Waals surface area contributed by atoms with E-state index < -0.39 is 0 Å². The van der Waals surface area contributed by atoms with E-state index >= 15 is 0 Å². The predicted octanol–water partition coefficient (Wildman–Crippen LogP) is 2.17. The number of rotatable bonds is 7. The lowest BCUT2D eigenvalue weighted by atomic mass is 10.1.